The molecule has 0 radical (unpaired) electrons. The number of rotatable bonds is 4. The van der Waals surface area contributed by atoms with Gasteiger partial charge in [0.1, 0.15) is 5.56 Å². The molecule has 0 saturated heterocycles. The van der Waals surface area contributed by atoms with Crippen LogP contribution in [0, 0.1) is 6.92 Å². The molecule has 1 amide bonds. The summed E-state index contributed by atoms with van der Waals surface area (Å²) in [5.74, 6) is -0.406. The van der Waals surface area contributed by atoms with E-state index in [4.69, 9.17) is 0 Å². The lowest BCUT2D eigenvalue weighted by Crippen LogP contribution is -2.31. The van der Waals surface area contributed by atoms with E-state index in [0.717, 1.165) is 16.8 Å². The molecule has 6 heteroatoms. The van der Waals surface area contributed by atoms with Crippen LogP contribution in [0.3, 0.4) is 0 Å². The van der Waals surface area contributed by atoms with Crippen molar-refractivity contribution in [2.45, 2.75) is 19.9 Å². The number of carbonyl (C=O) groups is 1. The van der Waals surface area contributed by atoms with Crippen molar-refractivity contribution < 1.29 is 4.79 Å². The van der Waals surface area contributed by atoms with Gasteiger partial charge in [0.2, 0.25) is 0 Å². The first-order valence-electron chi connectivity index (χ1n) is 8.05. The maximum Gasteiger partial charge on any atom is 0.261 e. The Morgan fingerprint density at radius 3 is 2.52 bits per heavy atom. The second-order valence-electron chi connectivity index (χ2n) is 6.02. The van der Waals surface area contributed by atoms with E-state index in [9.17, 15) is 9.59 Å². The molecule has 2 N–H and O–H groups in total. The second kappa shape index (κ2) is 6.76. The molecule has 0 aliphatic heterocycles. The third kappa shape index (κ3) is 3.52. The zero-order valence-electron chi connectivity index (χ0n) is 14.4. The van der Waals surface area contributed by atoms with Gasteiger partial charge in [0.05, 0.1) is 11.7 Å². The lowest BCUT2D eigenvalue weighted by Gasteiger charge is -2.13. The molecule has 3 aromatic rings. The van der Waals surface area contributed by atoms with Crippen LogP contribution in [0.15, 0.2) is 53.5 Å². The summed E-state index contributed by atoms with van der Waals surface area (Å²) in [6.45, 7) is 3.76. The first kappa shape index (κ1) is 16.7. The highest BCUT2D eigenvalue weighted by atomic mass is 16.2. The van der Waals surface area contributed by atoms with Crippen molar-refractivity contribution >= 4 is 5.91 Å². The summed E-state index contributed by atoms with van der Waals surface area (Å²) in [6, 6.07) is 12.6. The number of benzene rings is 1. The summed E-state index contributed by atoms with van der Waals surface area (Å²) in [5, 5.41) is 7.13. The monoisotopic (exact) mass is 336 g/mol. The van der Waals surface area contributed by atoms with E-state index in [-0.39, 0.29) is 11.6 Å². The summed E-state index contributed by atoms with van der Waals surface area (Å²) < 4.78 is 1.70. The molecule has 1 atom stereocenters. The van der Waals surface area contributed by atoms with Crippen LogP contribution in [0.5, 0.6) is 0 Å². The molecule has 0 fully saturated rings. The molecule has 128 valence electrons. The molecule has 2 aromatic heterocycles. The van der Waals surface area contributed by atoms with E-state index in [1.165, 1.54) is 0 Å². The van der Waals surface area contributed by atoms with E-state index in [0.29, 0.717) is 5.69 Å². The van der Waals surface area contributed by atoms with E-state index in [1.807, 2.05) is 57.4 Å². The van der Waals surface area contributed by atoms with Crippen LogP contribution in [0.1, 0.15) is 34.6 Å². The zero-order chi connectivity index (χ0) is 18.0. The Kier molecular flexibility index (Phi) is 4.52. The maximum absolute atomic E-state index is 12.5. The van der Waals surface area contributed by atoms with Crippen molar-refractivity contribution in [1.82, 2.24) is 20.1 Å². The molecule has 0 aliphatic rings. The highest BCUT2D eigenvalue weighted by Gasteiger charge is 2.17. The summed E-state index contributed by atoms with van der Waals surface area (Å²) >= 11 is 0. The number of aryl methyl sites for hydroxylation is 2. The Hall–Kier alpha value is -3.15. The number of H-pyrrole nitrogens is 1. The predicted octanol–water partition coefficient (Wildman–Crippen LogP) is 2.57. The van der Waals surface area contributed by atoms with E-state index < -0.39 is 11.5 Å². The molecule has 1 aromatic carbocycles. The summed E-state index contributed by atoms with van der Waals surface area (Å²) in [4.78, 5) is 27.5. The number of hydrogen-bond acceptors (Lipinski definition) is 3. The second-order valence-corrected chi connectivity index (χ2v) is 6.02. The zero-order valence-corrected chi connectivity index (χ0v) is 14.4. The van der Waals surface area contributed by atoms with Gasteiger partial charge in [0, 0.05) is 24.5 Å². The standard InChI is InChI=1S/C19H20N4O2/c1-12(16-11-23(3)22-13(16)2)20-18(24)15-9-10-17(21-19(15)25)14-7-5-4-6-8-14/h4-12H,1-3H3,(H,20,24)(H,21,25). The van der Waals surface area contributed by atoms with Gasteiger partial charge in [-0.3, -0.25) is 14.3 Å². The summed E-state index contributed by atoms with van der Waals surface area (Å²) in [7, 11) is 1.83. The van der Waals surface area contributed by atoms with Crippen LogP contribution < -0.4 is 10.9 Å². The average Bonchev–Trinajstić information content (AvgIpc) is 2.94. The van der Waals surface area contributed by atoms with E-state index in [1.54, 1.807) is 16.8 Å². The Morgan fingerprint density at radius 1 is 1.20 bits per heavy atom. The Balaban J connectivity index is 1.81. The Bertz CT molecular complexity index is 957. The molecule has 3 rings (SSSR count). The molecular formula is C19H20N4O2. The first-order valence-corrected chi connectivity index (χ1v) is 8.05. The smallest absolute Gasteiger partial charge is 0.261 e. The van der Waals surface area contributed by atoms with Crippen LogP contribution in [0.4, 0.5) is 0 Å². The highest BCUT2D eigenvalue weighted by Crippen LogP contribution is 2.17. The van der Waals surface area contributed by atoms with Crippen LogP contribution in [-0.2, 0) is 7.05 Å². The third-order valence-electron chi connectivity index (χ3n) is 4.10. The number of nitrogens with one attached hydrogen (secondary N) is 2. The third-order valence-corrected chi connectivity index (χ3v) is 4.10. The van der Waals surface area contributed by atoms with Crippen LogP contribution in [0.2, 0.25) is 0 Å². The average molecular weight is 336 g/mol. The number of amides is 1. The molecular weight excluding hydrogens is 316 g/mol. The van der Waals surface area contributed by atoms with Crippen LogP contribution in [0.25, 0.3) is 11.3 Å². The van der Waals surface area contributed by atoms with Gasteiger partial charge in [-0.25, -0.2) is 0 Å². The molecule has 0 aliphatic carbocycles. The number of nitrogens with zero attached hydrogens (tertiary/aromatic N) is 2. The fourth-order valence-corrected chi connectivity index (χ4v) is 2.83. The van der Waals surface area contributed by atoms with Crippen molar-refractivity contribution in [2.75, 3.05) is 0 Å². The normalized spacial score (nSPS) is 12.0. The fraction of sp³-hybridized carbons (Fsp3) is 0.211. The lowest BCUT2D eigenvalue weighted by molar-refractivity contribution is 0.0938. The van der Waals surface area contributed by atoms with Gasteiger partial charge in [0.15, 0.2) is 0 Å². The molecule has 0 saturated carbocycles. The maximum atomic E-state index is 12.5. The molecule has 0 bridgehead atoms. The fourth-order valence-electron chi connectivity index (χ4n) is 2.83. The number of hydrogen-bond donors (Lipinski definition) is 2. The van der Waals surface area contributed by atoms with Gasteiger partial charge in [-0.15, -0.1) is 0 Å². The molecule has 2 heterocycles. The topological polar surface area (TPSA) is 79.8 Å². The molecule has 0 spiro atoms. The van der Waals surface area contributed by atoms with Gasteiger partial charge in [-0.1, -0.05) is 30.3 Å². The van der Waals surface area contributed by atoms with Crippen molar-refractivity contribution in [3.63, 3.8) is 0 Å². The Morgan fingerprint density at radius 2 is 1.92 bits per heavy atom. The summed E-state index contributed by atoms with van der Waals surface area (Å²) in [5.41, 5.74) is 3.03. The number of aromatic nitrogens is 3. The minimum atomic E-state index is -0.408. The van der Waals surface area contributed by atoms with Crippen molar-refractivity contribution in [3.8, 4) is 11.3 Å². The van der Waals surface area contributed by atoms with Gasteiger partial charge in [0.25, 0.3) is 11.5 Å². The van der Waals surface area contributed by atoms with Gasteiger partial charge in [-0.2, -0.15) is 5.10 Å². The van der Waals surface area contributed by atoms with Gasteiger partial charge < -0.3 is 10.3 Å². The van der Waals surface area contributed by atoms with E-state index >= 15 is 0 Å². The lowest BCUT2D eigenvalue weighted by atomic mass is 10.1. The predicted molar refractivity (Wildman–Crippen MR) is 96.3 cm³/mol. The Labute approximate surface area is 145 Å². The minimum absolute atomic E-state index is 0.0908. The van der Waals surface area contributed by atoms with Crippen LogP contribution >= 0.6 is 0 Å². The van der Waals surface area contributed by atoms with Gasteiger partial charge >= 0.3 is 0 Å². The number of aromatic amines is 1. The van der Waals surface area contributed by atoms with Crippen molar-refractivity contribution in [1.29, 1.82) is 0 Å². The minimum Gasteiger partial charge on any atom is -0.345 e. The van der Waals surface area contributed by atoms with E-state index in [2.05, 4.69) is 15.4 Å². The number of carbonyl (C=O) groups excluding carboxylic acids is 1. The highest BCUT2D eigenvalue weighted by molar-refractivity contribution is 5.94. The van der Waals surface area contributed by atoms with Crippen molar-refractivity contribution in [2.24, 2.45) is 7.05 Å². The first-order chi connectivity index (χ1) is 12.0. The summed E-state index contributed by atoms with van der Waals surface area (Å²) in [6.07, 6.45) is 1.86. The van der Waals surface area contributed by atoms with Gasteiger partial charge in [-0.05, 0) is 31.5 Å². The quantitative estimate of drug-likeness (QED) is 0.768. The molecule has 25 heavy (non-hydrogen) atoms. The molecule has 6 nitrogen and oxygen atoms in total. The SMILES string of the molecule is Cc1nn(C)cc1C(C)NC(=O)c1ccc(-c2ccccc2)[nH]c1=O. The largest absolute Gasteiger partial charge is 0.345 e. The van der Waals surface area contributed by atoms with Crippen molar-refractivity contribution in [3.05, 3.63) is 75.8 Å². The molecule has 1 unspecified atom stereocenters. The number of pyridine rings is 1. The van der Waals surface area contributed by atoms with Crippen LogP contribution in [-0.4, -0.2) is 20.7 Å².